The molecule has 0 spiro atoms. The minimum atomic E-state index is -2.07. The van der Waals surface area contributed by atoms with Crippen LogP contribution in [0.1, 0.15) is 10.4 Å². The van der Waals surface area contributed by atoms with Crippen molar-refractivity contribution in [3.8, 4) is 0 Å². The Morgan fingerprint density at radius 3 is 2.60 bits per heavy atom. The van der Waals surface area contributed by atoms with Gasteiger partial charge in [0.15, 0.2) is 6.29 Å². The number of rotatable bonds is 3. The molecule has 0 N–H and O–H groups in total. The number of hydrogen-bond donors (Lipinski definition) is 0. The number of benzene rings is 1. The smallest absolute Gasteiger partial charge is 0.226 e. The summed E-state index contributed by atoms with van der Waals surface area (Å²) in [6.45, 7) is 0. The Kier molecular flexibility index (Phi) is 2.60. The van der Waals surface area contributed by atoms with E-state index in [2.05, 4.69) is 4.98 Å². The zero-order valence-electron chi connectivity index (χ0n) is 7.76. The first-order valence-corrected chi connectivity index (χ1v) is 5.25. The fourth-order valence-electron chi connectivity index (χ4n) is 1.34. The fraction of sp³-hybridized carbons (Fsp3) is 0.0909. The third kappa shape index (κ3) is 1.68. The zero-order chi connectivity index (χ0) is 10.7. The van der Waals surface area contributed by atoms with Crippen LogP contribution in [0.2, 0.25) is 0 Å². The van der Waals surface area contributed by atoms with Crippen molar-refractivity contribution >= 4 is 17.6 Å². The number of thiazole rings is 1. The van der Waals surface area contributed by atoms with E-state index in [9.17, 15) is 9.18 Å². The minimum absolute atomic E-state index is 0.309. The Bertz CT molecular complexity index is 443. The molecule has 0 aliphatic heterocycles. The summed E-state index contributed by atoms with van der Waals surface area (Å²) in [6.07, 6.45) is 1.70. The summed E-state index contributed by atoms with van der Waals surface area (Å²) < 4.78 is 14.4. The van der Waals surface area contributed by atoms with Gasteiger partial charge >= 0.3 is 0 Å². The number of aldehydes is 1. The topological polar surface area (TPSA) is 30.0 Å². The first kappa shape index (κ1) is 9.98. The fourth-order valence-corrected chi connectivity index (χ4v) is 2.04. The van der Waals surface area contributed by atoms with E-state index < -0.39 is 5.67 Å². The van der Waals surface area contributed by atoms with Gasteiger partial charge in [-0.25, -0.2) is 4.39 Å². The average Bonchev–Trinajstić information content (AvgIpc) is 2.83. The van der Waals surface area contributed by atoms with Crippen molar-refractivity contribution in [2.75, 3.05) is 0 Å². The molecular weight excluding hydrogens is 213 g/mol. The number of aromatic nitrogens is 1. The summed E-state index contributed by atoms with van der Waals surface area (Å²) in [5.41, 5.74) is -0.220. The summed E-state index contributed by atoms with van der Waals surface area (Å²) in [6, 6.07) is 8.37. The third-order valence-corrected chi connectivity index (χ3v) is 3.03. The normalized spacial score (nSPS) is 14.5. The Morgan fingerprint density at radius 2 is 2.07 bits per heavy atom. The number of nitrogens with zero attached hydrogens (tertiary/aromatic N) is 1. The maximum absolute atomic E-state index is 14.4. The van der Waals surface area contributed by atoms with Crippen molar-refractivity contribution < 1.29 is 9.18 Å². The standard InChI is InChI=1S/C11H8FNOS/c12-11(7-14,10-6-13-8-15-10)9-4-2-1-3-5-9/h1-8H. The molecule has 0 aliphatic rings. The average molecular weight is 221 g/mol. The Morgan fingerprint density at radius 1 is 1.33 bits per heavy atom. The van der Waals surface area contributed by atoms with Gasteiger partial charge in [0.2, 0.25) is 5.67 Å². The lowest BCUT2D eigenvalue weighted by Gasteiger charge is -2.16. The maximum Gasteiger partial charge on any atom is 0.226 e. The molecule has 0 saturated carbocycles. The van der Waals surface area contributed by atoms with Crippen molar-refractivity contribution in [1.29, 1.82) is 0 Å². The molecule has 1 atom stereocenters. The van der Waals surface area contributed by atoms with Crippen LogP contribution in [0.5, 0.6) is 0 Å². The van der Waals surface area contributed by atoms with Gasteiger partial charge in [-0.2, -0.15) is 0 Å². The van der Waals surface area contributed by atoms with Gasteiger partial charge in [0, 0.05) is 11.8 Å². The monoisotopic (exact) mass is 221 g/mol. The second-order valence-electron chi connectivity index (χ2n) is 3.06. The third-order valence-electron chi connectivity index (χ3n) is 2.15. The molecule has 15 heavy (non-hydrogen) atoms. The molecule has 2 aromatic rings. The van der Waals surface area contributed by atoms with Crippen LogP contribution in [0.3, 0.4) is 0 Å². The predicted molar refractivity (Wildman–Crippen MR) is 56.5 cm³/mol. The molecule has 0 bridgehead atoms. The number of halogens is 1. The first-order chi connectivity index (χ1) is 7.27. The van der Waals surface area contributed by atoms with E-state index >= 15 is 0 Å². The number of carbonyl (C=O) groups excluding carboxylic acids is 1. The Balaban J connectivity index is 2.52. The number of carbonyl (C=O) groups is 1. The summed E-state index contributed by atoms with van der Waals surface area (Å²) >= 11 is 1.13. The highest BCUT2D eigenvalue weighted by atomic mass is 32.1. The van der Waals surface area contributed by atoms with Gasteiger partial charge in [-0.05, 0) is 0 Å². The Labute approximate surface area is 90.4 Å². The van der Waals surface area contributed by atoms with Crippen molar-refractivity contribution in [2.24, 2.45) is 0 Å². The SMILES string of the molecule is O=CC(F)(c1ccccc1)c1cncs1. The first-order valence-electron chi connectivity index (χ1n) is 4.37. The summed E-state index contributed by atoms with van der Waals surface area (Å²) in [7, 11) is 0. The van der Waals surface area contributed by atoms with Crippen LogP contribution in [0.15, 0.2) is 42.0 Å². The van der Waals surface area contributed by atoms with Crippen molar-refractivity contribution in [1.82, 2.24) is 4.98 Å². The molecule has 1 unspecified atom stereocenters. The van der Waals surface area contributed by atoms with Crippen LogP contribution < -0.4 is 0 Å². The largest absolute Gasteiger partial charge is 0.299 e. The molecule has 0 aliphatic carbocycles. The van der Waals surface area contributed by atoms with Crippen LogP contribution in [0.25, 0.3) is 0 Å². The molecule has 0 saturated heterocycles. The van der Waals surface area contributed by atoms with Gasteiger partial charge in [-0.3, -0.25) is 9.78 Å². The lowest BCUT2D eigenvalue weighted by molar-refractivity contribution is -0.115. The van der Waals surface area contributed by atoms with Gasteiger partial charge < -0.3 is 0 Å². The van der Waals surface area contributed by atoms with Gasteiger partial charge in [-0.1, -0.05) is 30.3 Å². The molecule has 2 nitrogen and oxygen atoms in total. The van der Waals surface area contributed by atoms with Crippen LogP contribution in [-0.4, -0.2) is 11.3 Å². The molecule has 2 rings (SSSR count). The molecule has 0 amide bonds. The predicted octanol–water partition coefficient (Wildman–Crippen LogP) is 2.56. The lowest BCUT2D eigenvalue weighted by Crippen LogP contribution is -2.22. The van der Waals surface area contributed by atoms with Gasteiger partial charge in [0.1, 0.15) is 0 Å². The number of hydrogen-bond acceptors (Lipinski definition) is 3. The second kappa shape index (κ2) is 3.90. The van der Waals surface area contributed by atoms with E-state index in [0.29, 0.717) is 16.7 Å². The zero-order valence-corrected chi connectivity index (χ0v) is 8.58. The summed E-state index contributed by atoms with van der Waals surface area (Å²) in [5, 5.41) is 0. The van der Waals surface area contributed by atoms with Gasteiger partial charge in [-0.15, -0.1) is 11.3 Å². The molecular formula is C11H8FNOS. The summed E-state index contributed by atoms with van der Waals surface area (Å²) in [5.74, 6) is 0. The highest BCUT2D eigenvalue weighted by Crippen LogP contribution is 2.33. The van der Waals surface area contributed by atoms with Crippen molar-refractivity contribution in [2.45, 2.75) is 5.67 Å². The molecule has 4 heteroatoms. The van der Waals surface area contributed by atoms with E-state index in [1.165, 1.54) is 11.7 Å². The van der Waals surface area contributed by atoms with Gasteiger partial charge in [0.25, 0.3) is 0 Å². The van der Waals surface area contributed by atoms with Crippen molar-refractivity contribution in [3.63, 3.8) is 0 Å². The van der Waals surface area contributed by atoms with E-state index in [1.807, 2.05) is 0 Å². The lowest BCUT2D eigenvalue weighted by atomic mass is 9.96. The van der Waals surface area contributed by atoms with E-state index in [0.717, 1.165) is 11.3 Å². The second-order valence-corrected chi connectivity index (χ2v) is 3.95. The molecule has 0 radical (unpaired) electrons. The van der Waals surface area contributed by atoms with Crippen molar-refractivity contribution in [3.05, 3.63) is 52.5 Å². The highest BCUT2D eigenvalue weighted by molar-refractivity contribution is 7.09. The molecule has 1 aromatic carbocycles. The van der Waals surface area contributed by atoms with E-state index in [-0.39, 0.29) is 0 Å². The van der Waals surface area contributed by atoms with Gasteiger partial charge in [0.05, 0.1) is 10.4 Å². The van der Waals surface area contributed by atoms with Crippen LogP contribution in [-0.2, 0) is 10.5 Å². The Hall–Kier alpha value is -1.55. The number of alkyl halides is 1. The summed E-state index contributed by atoms with van der Waals surface area (Å²) in [4.78, 5) is 15.0. The minimum Gasteiger partial charge on any atom is -0.299 e. The van der Waals surface area contributed by atoms with Crippen LogP contribution in [0.4, 0.5) is 4.39 Å². The van der Waals surface area contributed by atoms with E-state index in [4.69, 9.17) is 0 Å². The molecule has 1 heterocycles. The quantitative estimate of drug-likeness (QED) is 0.745. The van der Waals surface area contributed by atoms with Crippen LogP contribution >= 0.6 is 11.3 Å². The maximum atomic E-state index is 14.4. The highest BCUT2D eigenvalue weighted by Gasteiger charge is 2.35. The molecule has 76 valence electrons. The molecule has 1 aromatic heterocycles. The van der Waals surface area contributed by atoms with E-state index in [1.54, 1.807) is 30.3 Å². The molecule has 0 fully saturated rings. The van der Waals surface area contributed by atoms with Crippen LogP contribution in [0, 0.1) is 0 Å².